The van der Waals surface area contributed by atoms with Crippen LogP contribution in [-0.4, -0.2) is 78.7 Å². The minimum atomic E-state index is 0.203. The van der Waals surface area contributed by atoms with Crippen LogP contribution >= 0.6 is 0 Å². The standard InChI is InChI=1S/C29H36N6O2/c1-30-19-26(29-9-12-32-33-29)20-31-22-37-28-8-7-24-17-23(5-6-25(24)18-28)21-35-14-10-27(11-15-35)34(2)13-3-4-16-36/h5-9,12,16-20,27H,1,3-4,10-11,13-15,21-22H2,2H3,(H,32,33)/b26-19+,31-20?. The Hall–Kier alpha value is -3.62. The molecule has 0 spiro atoms. The average molecular weight is 501 g/mol. The molecule has 0 atom stereocenters. The number of hydrogen-bond donors (Lipinski definition) is 1. The summed E-state index contributed by atoms with van der Waals surface area (Å²) in [6, 6.07) is 15.3. The number of aromatic amines is 1. The van der Waals surface area contributed by atoms with Gasteiger partial charge in [0.15, 0.2) is 6.73 Å². The average Bonchev–Trinajstić information content (AvgIpc) is 3.46. The zero-order valence-corrected chi connectivity index (χ0v) is 21.6. The number of aliphatic imine (C=N–C) groups is 2. The molecule has 0 saturated carbocycles. The van der Waals surface area contributed by atoms with Gasteiger partial charge in [-0.2, -0.15) is 5.10 Å². The lowest BCUT2D eigenvalue weighted by Crippen LogP contribution is -2.43. The summed E-state index contributed by atoms with van der Waals surface area (Å²) >= 11 is 0. The second-order valence-electron chi connectivity index (χ2n) is 9.46. The SMILES string of the molecule is C=N/C=C(\C=NCOc1ccc2cc(CN3CCC(N(C)CCCC=O)CC3)ccc2c1)c1ccn[nH]1. The molecular formula is C29H36N6O2. The van der Waals surface area contributed by atoms with E-state index in [9.17, 15) is 4.79 Å². The van der Waals surface area contributed by atoms with Gasteiger partial charge in [0, 0.05) is 43.2 Å². The van der Waals surface area contributed by atoms with Crippen LogP contribution in [-0.2, 0) is 11.3 Å². The van der Waals surface area contributed by atoms with Gasteiger partial charge in [-0.25, -0.2) is 0 Å². The van der Waals surface area contributed by atoms with Crippen LogP contribution in [0.2, 0.25) is 0 Å². The lowest BCUT2D eigenvalue weighted by atomic mass is 10.0. The second-order valence-corrected chi connectivity index (χ2v) is 9.46. The molecular weight excluding hydrogens is 464 g/mol. The number of rotatable bonds is 13. The van der Waals surface area contributed by atoms with E-state index in [1.54, 1.807) is 18.6 Å². The first kappa shape index (κ1) is 26.4. The topological polar surface area (TPSA) is 86.2 Å². The van der Waals surface area contributed by atoms with Gasteiger partial charge in [-0.3, -0.25) is 20.0 Å². The van der Waals surface area contributed by atoms with Crippen LogP contribution in [0.5, 0.6) is 5.75 Å². The highest BCUT2D eigenvalue weighted by Crippen LogP contribution is 2.24. The van der Waals surface area contributed by atoms with E-state index in [1.165, 1.54) is 23.8 Å². The van der Waals surface area contributed by atoms with Gasteiger partial charge in [0.05, 0.1) is 5.69 Å². The van der Waals surface area contributed by atoms with E-state index in [0.29, 0.717) is 12.5 Å². The Morgan fingerprint density at radius 2 is 2.03 bits per heavy atom. The van der Waals surface area contributed by atoms with Crippen molar-refractivity contribution in [2.75, 3.05) is 33.4 Å². The summed E-state index contributed by atoms with van der Waals surface area (Å²) in [6.45, 7) is 7.89. The lowest BCUT2D eigenvalue weighted by Gasteiger charge is -2.36. The molecule has 0 unspecified atom stereocenters. The summed E-state index contributed by atoms with van der Waals surface area (Å²) in [4.78, 5) is 23.7. The minimum absolute atomic E-state index is 0.203. The number of fused-ring (bicyclic) bond motifs is 1. The van der Waals surface area contributed by atoms with Gasteiger partial charge < -0.3 is 14.4 Å². The number of H-pyrrole nitrogens is 1. The van der Waals surface area contributed by atoms with Crippen molar-refractivity contribution < 1.29 is 9.53 Å². The first-order valence-electron chi connectivity index (χ1n) is 12.8. The Morgan fingerprint density at radius 3 is 2.78 bits per heavy atom. The fourth-order valence-electron chi connectivity index (χ4n) is 4.78. The van der Waals surface area contributed by atoms with E-state index in [1.807, 2.05) is 12.1 Å². The molecule has 2 heterocycles. The maximum atomic E-state index is 10.6. The maximum Gasteiger partial charge on any atom is 0.179 e. The smallest absolute Gasteiger partial charge is 0.179 e. The second kappa shape index (κ2) is 13.6. The van der Waals surface area contributed by atoms with Crippen LogP contribution in [0.1, 0.15) is 36.9 Å². The highest BCUT2D eigenvalue weighted by atomic mass is 16.5. The van der Waals surface area contributed by atoms with Crippen LogP contribution in [0.25, 0.3) is 16.3 Å². The van der Waals surface area contributed by atoms with Gasteiger partial charge in [-0.05, 0) is 93.3 Å². The van der Waals surface area contributed by atoms with Crippen molar-refractivity contribution in [3.05, 3.63) is 66.1 Å². The first-order valence-corrected chi connectivity index (χ1v) is 12.8. The van der Waals surface area contributed by atoms with E-state index in [0.717, 1.165) is 61.3 Å². The number of carbonyl (C=O) groups is 1. The Morgan fingerprint density at radius 1 is 1.22 bits per heavy atom. The van der Waals surface area contributed by atoms with Crippen molar-refractivity contribution in [1.29, 1.82) is 0 Å². The Kier molecular flexibility index (Phi) is 9.74. The van der Waals surface area contributed by atoms with Crippen LogP contribution < -0.4 is 4.74 Å². The van der Waals surface area contributed by atoms with Crippen molar-refractivity contribution in [1.82, 2.24) is 20.0 Å². The van der Waals surface area contributed by atoms with Crippen LogP contribution in [0.3, 0.4) is 0 Å². The van der Waals surface area contributed by atoms with Gasteiger partial charge in [-0.15, -0.1) is 0 Å². The summed E-state index contributed by atoms with van der Waals surface area (Å²) in [5, 5.41) is 9.20. The Bertz CT molecular complexity index is 1210. The number of ether oxygens (including phenoxy) is 1. The van der Waals surface area contributed by atoms with Gasteiger partial charge in [-0.1, -0.05) is 18.2 Å². The number of allylic oxidation sites excluding steroid dienone is 1. The number of aldehydes is 1. The molecule has 0 radical (unpaired) electrons. The summed E-state index contributed by atoms with van der Waals surface area (Å²) < 4.78 is 5.85. The van der Waals surface area contributed by atoms with Gasteiger partial charge in [0.25, 0.3) is 0 Å². The zero-order valence-electron chi connectivity index (χ0n) is 21.6. The van der Waals surface area contributed by atoms with Crippen molar-refractivity contribution in [2.45, 2.75) is 38.3 Å². The maximum absolute atomic E-state index is 10.6. The number of likely N-dealkylation sites (tertiary alicyclic amines) is 1. The lowest BCUT2D eigenvalue weighted by molar-refractivity contribution is -0.108. The van der Waals surface area contributed by atoms with E-state index in [2.05, 4.69) is 74.1 Å². The van der Waals surface area contributed by atoms with Crippen LogP contribution in [0.4, 0.5) is 0 Å². The molecule has 1 aliphatic heterocycles. The highest BCUT2D eigenvalue weighted by Gasteiger charge is 2.22. The fourth-order valence-corrected chi connectivity index (χ4v) is 4.78. The third kappa shape index (κ3) is 7.68. The number of benzene rings is 2. The Labute approximate surface area is 218 Å². The number of nitrogens with zero attached hydrogens (tertiary/aromatic N) is 5. The molecule has 1 aliphatic rings. The van der Waals surface area contributed by atoms with Crippen molar-refractivity contribution in [3.63, 3.8) is 0 Å². The molecule has 8 heteroatoms. The molecule has 0 bridgehead atoms. The number of piperidine rings is 1. The number of nitrogens with one attached hydrogen (secondary N) is 1. The zero-order chi connectivity index (χ0) is 25.9. The molecule has 0 amide bonds. The quantitative estimate of drug-likeness (QED) is 0.211. The molecule has 1 fully saturated rings. The van der Waals surface area contributed by atoms with Crippen LogP contribution in [0.15, 0.2) is 64.8 Å². The van der Waals surface area contributed by atoms with Gasteiger partial charge in [0.1, 0.15) is 12.0 Å². The number of carbonyl (C=O) groups excluding carboxylic acids is 1. The van der Waals surface area contributed by atoms with Crippen molar-refractivity contribution in [3.8, 4) is 5.75 Å². The molecule has 8 nitrogen and oxygen atoms in total. The predicted molar refractivity (Wildman–Crippen MR) is 150 cm³/mol. The summed E-state index contributed by atoms with van der Waals surface area (Å²) in [6.07, 6.45) is 9.99. The summed E-state index contributed by atoms with van der Waals surface area (Å²) in [7, 11) is 2.19. The molecule has 37 heavy (non-hydrogen) atoms. The molecule has 194 valence electrons. The largest absolute Gasteiger partial charge is 0.471 e. The fraction of sp³-hybridized carbons (Fsp3) is 0.379. The van der Waals surface area contributed by atoms with E-state index in [4.69, 9.17) is 4.74 Å². The Balaban J connectivity index is 1.27. The molecule has 4 rings (SSSR count). The molecule has 1 aromatic heterocycles. The predicted octanol–water partition coefficient (Wildman–Crippen LogP) is 4.59. The number of aromatic nitrogens is 2. The van der Waals surface area contributed by atoms with Gasteiger partial charge in [0.2, 0.25) is 0 Å². The van der Waals surface area contributed by atoms with Crippen molar-refractivity contribution >= 4 is 35.6 Å². The normalized spacial score (nSPS) is 15.6. The van der Waals surface area contributed by atoms with Crippen LogP contribution in [0, 0.1) is 0 Å². The molecule has 3 aromatic rings. The first-order chi connectivity index (χ1) is 18.2. The molecule has 1 saturated heterocycles. The van der Waals surface area contributed by atoms with E-state index in [-0.39, 0.29) is 6.73 Å². The summed E-state index contributed by atoms with van der Waals surface area (Å²) in [5.41, 5.74) is 2.94. The molecule has 2 aromatic carbocycles. The summed E-state index contributed by atoms with van der Waals surface area (Å²) in [5.74, 6) is 0.783. The highest BCUT2D eigenvalue weighted by molar-refractivity contribution is 6.08. The third-order valence-corrected chi connectivity index (χ3v) is 6.87. The van der Waals surface area contributed by atoms with Crippen molar-refractivity contribution in [2.24, 2.45) is 9.98 Å². The van der Waals surface area contributed by atoms with E-state index >= 15 is 0 Å². The number of hydrogen-bond acceptors (Lipinski definition) is 7. The minimum Gasteiger partial charge on any atom is -0.471 e. The third-order valence-electron chi connectivity index (χ3n) is 6.87. The molecule has 1 N–H and O–H groups in total. The number of unbranched alkanes of at least 4 members (excludes halogenated alkanes) is 1. The van der Waals surface area contributed by atoms with Gasteiger partial charge >= 0.3 is 0 Å². The molecule has 0 aliphatic carbocycles. The van der Waals surface area contributed by atoms with E-state index < -0.39 is 0 Å². The monoisotopic (exact) mass is 500 g/mol.